The van der Waals surface area contributed by atoms with Gasteiger partial charge in [0.25, 0.3) is 0 Å². The molecular weight excluding hydrogens is 322 g/mol. The van der Waals surface area contributed by atoms with Gasteiger partial charge in [-0.1, -0.05) is 30.3 Å². The summed E-state index contributed by atoms with van der Waals surface area (Å²) in [5, 5.41) is 4.81. The Morgan fingerprint density at radius 1 is 1.21 bits per heavy atom. The maximum absolute atomic E-state index is 5.66. The number of hydrogen-bond acceptors (Lipinski definition) is 4. The molecule has 0 radical (unpaired) electrons. The molecule has 1 aromatic heterocycles. The summed E-state index contributed by atoms with van der Waals surface area (Å²) in [4.78, 5) is 3.62. The number of ether oxygens (including phenoxy) is 1. The van der Waals surface area contributed by atoms with Gasteiger partial charge in [0.2, 0.25) is 10.7 Å². The highest BCUT2D eigenvalue weighted by atomic mass is 32.1. The number of benzene rings is 1. The molecule has 3 rings (SSSR count). The van der Waals surface area contributed by atoms with E-state index in [4.69, 9.17) is 22.1 Å². The van der Waals surface area contributed by atoms with E-state index in [0.29, 0.717) is 0 Å². The molecular formula is C17H26N5OS+. The molecule has 0 bridgehead atoms. The van der Waals surface area contributed by atoms with Crippen molar-refractivity contribution in [2.24, 2.45) is 0 Å². The second-order valence-electron chi connectivity index (χ2n) is 6.20. The van der Waals surface area contributed by atoms with Crippen molar-refractivity contribution in [3.8, 4) is 0 Å². The van der Waals surface area contributed by atoms with E-state index in [-0.39, 0.29) is 0 Å². The van der Waals surface area contributed by atoms with Gasteiger partial charge in [-0.25, -0.2) is 0 Å². The first kappa shape index (κ1) is 17.1. The number of hydrogen-bond donors (Lipinski definition) is 1. The van der Waals surface area contributed by atoms with E-state index < -0.39 is 0 Å². The van der Waals surface area contributed by atoms with Crippen LogP contribution in [0, 0.1) is 4.77 Å². The Labute approximate surface area is 148 Å². The molecule has 1 atom stereocenters. The van der Waals surface area contributed by atoms with E-state index >= 15 is 0 Å². The Hall–Kier alpha value is -1.70. The Morgan fingerprint density at radius 3 is 2.58 bits per heavy atom. The fraction of sp³-hybridized carbons (Fsp3) is 0.529. The number of nitrogens with zero attached hydrogens (tertiary/aromatic N) is 4. The second-order valence-corrected chi connectivity index (χ2v) is 6.57. The Kier molecular flexibility index (Phi) is 5.65. The molecule has 0 amide bonds. The largest absolute Gasteiger partial charge is 0.378 e. The molecule has 0 aliphatic carbocycles. The van der Waals surface area contributed by atoms with Crippen molar-refractivity contribution in [1.82, 2.24) is 14.3 Å². The van der Waals surface area contributed by atoms with Gasteiger partial charge in [0, 0.05) is 25.2 Å². The summed E-state index contributed by atoms with van der Waals surface area (Å²) in [6, 6.07) is 10.5. The predicted molar refractivity (Wildman–Crippen MR) is 96.8 cm³/mol. The lowest BCUT2D eigenvalue weighted by molar-refractivity contribution is -0.917. The first-order valence-electron chi connectivity index (χ1n) is 8.54. The van der Waals surface area contributed by atoms with Crippen LogP contribution in [0.1, 0.15) is 12.5 Å². The number of quaternary nitrogens is 1. The van der Waals surface area contributed by atoms with E-state index in [9.17, 15) is 0 Å². The third-order valence-electron chi connectivity index (χ3n) is 4.28. The molecule has 1 unspecified atom stereocenters. The van der Waals surface area contributed by atoms with Crippen molar-refractivity contribution in [2.75, 3.05) is 38.3 Å². The molecule has 130 valence electrons. The zero-order valence-electron chi connectivity index (χ0n) is 14.4. The molecule has 1 N–H and O–H groups in total. The van der Waals surface area contributed by atoms with Crippen molar-refractivity contribution in [1.29, 1.82) is 0 Å². The highest BCUT2D eigenvalue weighted by Crippen LogP contribution is 2.14. The van der Waals surface area contributed by atoms with Gasteiger partial charge in [0.15, 0.2) is 6.67 Å². The molecule has 0 spiro atoms. The topological polar surface area (TPSA) is 39.7 Å². The van der Waals surface area contributed by atoms with Gasteiger partial charge < -0.3 is 14.5 Å². The van der Waals surface area contributed by atoms with Gasteiger partial charge in [0.05, 0.1) is 20.3 Å². The third kappa shape index (κ3) is 3.85. The number of anilines is 1. The summed E-state index contributed by atoms with van der Waals surface area (Å²) in [5.74, 6) is 0.971. The molecule has 6 nitrogen and oxygen atoms in total. The molecule has 1 aliphatic heterocycles. The summed E-state index contributed by atoms with van der Waals surface area (Å²) in [6.45, 7) is 7.92. The summed E-state index contributed by atoms with van der Waals surface area (Å²) >= 11 is 5.66. The molecule has 24 heavy (non-hydrogen) atoms. The second kappa shape index (κ2) is 7.92. The van der Waals surface area contributed by atoms with Gasteiger partial charge in [-0.2, -0.15) is 4.68 Å². The molecule has 1 aliphatic rings. The number of morpholine rings is 1. The molecule has 2 heterocycles. The average molecular weight is 348 g/mol. The fourth-order valence-corrected chi connectivity index (χ4v) is 3.38. The van der Waals surface area contributed by atoms with E-state index in [1.165, 1.54) is 10.5 Å². The zero-order valence-corrected chi connectivity index (χ0v) is 15.3. The summed E-state index contributed by atoms with van der Waals surface area (Å²) in [6.07, 6.45) is 0. The first-order chi connectivity index (χ1) is 11.7. The Morgan fingerprint density at radius 2 is 1.92 bits per heavy atom. The van der Waals surface area contributed by atoms with Crippen LogP contribution in [0.15, 0.2) is 30.3 Å². The van der Waals surface area contributed by atoms with Crippen molar-refractivity contribution in [3.63, 3.8) is 0 Å². The lowest BCUT2D eigenvalue weighted by Crippen LogP contribution is -3.07. The summed E-state index contributed by atoms with van der Waals surface area (Å²) < 4.78 is 10.3. The van der Waals surface area contributed by atoms with Crippen molar-refractivity contribution in [2.45, 2.75) is 26.7 Å². The lowest BCUT2D eigenvalue weighted by Gasteiger charge is -2.27. The van der Waals surface area contributed by atoms with E-state index in [2.05, 4.69) is 47.7 Å². The predicted octanol–water partition coefficient (Wildman–Crippen LogP) is 0.943. The maximum atomic E-state index is 5.66. The molecule has 1 saturated heterocycles. The van der Waals surface area contributed by atoms with Crippen LogP contribution in [0.25, 0.3) is 0 Å². The van der Waals surface area contributed by atoms with Crippen LogP contribution < -0.4 is 9.80 Å². The highest BCUT2D eigenvalue weighted by molar-refractivity contribution is 7.71. The van der Waals surface area contributed by atoms with Gasteiger partial charge in [-0.15, -0.1) is 5.10 Å². The minimum Gasteiger partial charge on any atom is -0.378 e. The highest BCUT2D eigenvalue weighted by Gasteiger charge is 2.20. The SMILES string of the molecule is CCn1c(N2CCOCC2)nn(C[NH+](C)Cc2ccccc2)c1=S. The quantitative estimate of drug-likeness (QED) is 0.789. The van der Waals surface area contributed by atoms with Crippen LogP contribution in [-0.4, -0.2) is 47.7 Å². The van der Waals surface area contributed by atoms with Crippen LogP contribution >= 0.6 is 12.2 Å². The van der Waals surface area contributed by atoms with E-state index in [1.807, 2.05) is 10.7 Å². The Balaban J connectivity index is 1.75. The van der Waals surface area contributed by atoms with Gasteiger partial charge in [0.1, 0.15) is 6.54 Å². The number of nitrogens with one attached hydrogen (secondary N) is 1. The minimum absolute atomic E-state index is 0.752. The third-order valence-corrected chi connectivity index (χ3v) is 4.71. The minimum atomic E-state index is 0.752. The van der Waals surface area contributed by atoms with Gasteiger partial charge >= 0.3 is 0 Å². The van der Waals surface area contributed by atoms with Crippen LogP contribution in [0.2, 0.25) is 0 Å². The average Bonchev–Trinajstić information content (AvgIpc) is 2.92. The van der Waals surface area contributed by atoms with Crippen LogP contribution in [-0.2, 0) is 24.5 Å². The molecule has 2 aromatic rings. The van der Waals surface area contributed by atoms with Gasteiger partial charge in [-0.3, -0.25) is 4.57 Å². The van der Waals surface area contributed by atoms with Crippen LogP contribution in [0.4, 0.5) is 5.95 Å². The smallest absolute Gasteiger partial charge is 0.226 e. The number of aromatic nitrogens is 3. The van der Waals surface area contributed by atoms with E-state index in [0.717, 1.165) is 56.8 Å². The fourth-order valence-electron chi connectivity index (χ4n) is 3.06. The summed E-state index contributed by atoms with van der Waals surface area (Å²) in [5.41, 5.74) is 1.32. The monoisotopic (exact) mass is 348 g/mol. The van der Waals surface area contributed by atoms with Gasteiger partial charge in [-0.05, 0) is 19.1 Å². The molecule has 1 fully saturated rings. The molecule has 7 heteroatoms. The Bertz CT molecular complexity index is 706. The standard InChI is InChI=1S/C17H25N5OS/c1-3-21-16(20-9-11-23-12-10-20)18-22(17(21)24)14-19(2)13-15-7-5-4-6-8-15/h4-8H,3,9-14H2,1-2H3/p+1. The first-order valence-corrected chi connectivity index (χ1v) is 8.95. The summed E-state index contributed by atoms with van der Waals surface area (Å²) in [7, 11) is 2.17. The van der Waals surface area contributed by atoms with Crippen molar-refractivity contribution < 1.29 is 9.64 Å². The van der Waals surface area contributed by atoms with Crippen molar-refractivity contribution >= 4 is 18.2 Å². The lowest BCUT2D eigenvalue weighted by atomic mass is 10.2. The van der Waals surface area contributed by atoms with Crippen LogP contribution in [0.3, 0.4) is 0 Å². The van der Waals surface area contributed by atoms with Crippen LogP contribution in [0.5, 0.6) is 0 Å². The molecule has 1 aromatic carbocycles. The molecule has 0 saturated carbocycles. The normalized spacial score (nSPS) is 16.3. The van der Waals surface area contributed by atoms with Crippen molar-refractivity contribution in [3.05, 3.63) is 40.7 Å². The van der Waals surface area contributed by atoms with E-state index in [1.54, 1.807) is 0 Å². The zero-order chi connectivity index (χ0) is 16.9. The maximum Gasteiger partial charge on any atom is 0.226 e. The number of rotatable bonds is 6.